The molecule has 1 aliphatic rings. The van der Waals surface area contributed by atoms with Gasteiger partial charge in [-0.15, -0.1) is 0 Å². The Kier molecular flexibility index (Phi) is 7.07. The van der Waals surface area contributed by atoms with Gasteiger partial charge in [-0.2, -0.15) is 0 Å². The number of hydrogen-bond donors (Lipinski definition) is 1. The van der Waals surface area contributed by atoms with Crippen LogP contribution in [0.25, 0.3) is 11.3 Å². The molecular weight excluding hydrogens is 340 g/mol. The second-order valence-electron chi connectivity index (χ2n) is 7.58. The van der Waals surface area contributed by atoms with Gasteiger partial charge in [0.2, 0.25) is 5.91 Å². The second kappa shape index (κ2) is 9.72. The molecule has 1 amide bonds. The van der Waals surface area contributed by atoms with Crippen LogP contribution < -0.4 is 5.32 Å². The number of aryl methyl sites for hydroxylation is 1. The summed E-state index contributed by atoms with van der Waals surface area (Å²) in [5, 5.41) is 3.00. The lowest BCUT2D eigenvalue weighted by molar-refractivity contribution is -0.122. The number of rotatable bonds is 8. The van der Waals surface area contributed by atoms with Crippen molar-refractivity contribution in [3.05, 3.63) is 48.2 Å². The van der Waals surface area contributed by atoms with Crippen molar-refractivity contribution in [1.82, 2.24) is 10.2 Å². The van der Waals surface area contributed by atoms with Crippen LogP contribution in [0, 0.1) is 5.92 Å². The molecule has 1 N–H and O–H groups in total. The molecule has 0 radical (unpaired) electrons. The summed E-state index contributed by atoms with van der Waals surface area (Å²) in [4.78, 5) is 14.6. The van der Waals surface area contributed by atoms with Gasteiger partial charge in [0.1, 0.15) is 11.5 Å². The summed E-state index contributed by atoms with van der Waals surface area (Å²) in [7, 11) is 0. The second-order valence-corrected chi connectivity index (χ2v) is 7.58. The Labute approximate surface area is 161 Å². The number of carbonyl (C=O) groups excluding carboxylic acids is 1. The van der Waals surface area contributed by atoms with Gasteiger partial charge in [0, 0.05) is 44.6 Å². The van der Waals surface area contributed by atoms with E-state index in [0.29, 0.717) is 25.3 Å². The van der Waals surface area contributed by atoms with Gasteiger partial charge in [0.05, 0.1) is 12.7 Å². The van der Waals surface area contributed by atoms with E-state index in [-0.39, 0.29) is 12.0 Å². The Bertz CT molecular complexity index is 711. The molecule has 0 spiro atoms. The molecule has 1 aromatic carbocycles. The number of nitrogens with one attached hydrogen (secondary N) is 1. The number of nitrogens with zero attached hydrogens (tertiary/aromatic N) is 1. The number of hydrogen-bond acceptors (Lipinski definition) is 4. The maximum absolute atomic E-state index is 12.2. The van der Waals surface area contributed by atoms with Crippen molar-refractivity contribution in [3.8, 4) is 11.3 Å². The van der Waals surface area contributed by atoms with Crippen LogP contribution in [0.5, 0.6) is 0 Å². The zero-order chi connectivity index (χ0) is 19.1. The molecule has 1 fully saturated rings. The summed E-state index contributed by atoms with van der Waals surface area (Å²) in [5.41, 5.74) is 1.05. The summed E-state index contributed by atoms with van der Waals surface area (Å²) >= 11 is 0. The summed E-state index contributed by atoms with van der Waals surface area (Å²) in [5.74, 6) is 2.36. The molecule has 3 rings (SSSR count). The van der Waals surface area contributed by atoms with E-state index in [1.165, 1.54) is 0 Å². The number of benzene rings is 1. The topological polar surface area (TPSA) is 54.7 Å². The zero-order valence-corrected chi connectivity index (χ0v) is 16.3. The molecule has 0 saturated carbocycles. The maximum Gasteiger partial charge on any atom is 0.220 e. The highest BCUT2D eigenvalue weighted by molar-refractivity contribution is 5.76. The lowest BCUT2D eigenvalue weighted by atomic mass is 10.1. The van der Waals surface area contributed by atoms with E-state index < -0.39 is 0 Å². The van der Waals surface area contributed by atoms with Crippen LogP contribution in [-0.4, -0.2) is 49.7 Å². The van der Waals surface area contributed by atoms with Gasteiger partial charge < -0.3 is 14.5 Å². The standard InChI is InChI=1S/C22H30N2O3/c1-17(2)15-24-12-13-26-20(16-24)14-23-22(25)11-9-19-8-10-21(27-19)18-6-4-3-5-7-18/h3-8,10,17,20H,9,11-16H2,1-2H3,(H,23,25). The molecule has 0 aliphatic carbocycles. The molecule has 0 bridgehead atoms. The molecule has 146 valence electrons. The maximum atomic E-state index is 12.2. The Morgan fingerprint density at radius 2 is 2.04 bits per heavy atom. The van der Waals surface area contributed by atoms with Gasteiger partial charge in [-0.1, -0.05) is 44.2 Å². The third-order valence-corrected chi connectivity index (χ3v) is 4.69. The Morgan fingerprint density at radius 3 is 2.81 bits per heavy atom. The van der Waals surface area contributed by atoms with E-state index >= 15 is 0 Å². The quantitative estimate of drug-likeness (QED) is 0.774. The fourth-order valence-electron chi connectivity index (χ4n) is 3.41. The van der Waals surface area contributed by atoms with Crippen molar-refractivity contribution >= 4 is 5.91 Å². The first-order valence-electron chi connectivity index (χ1n) is 9.85. The minimum absolute atomic E-state index is 0.0391. The van der Waals surface area contributed by atoms with E-state index in [4.69, 9.17) is 9.15 Å². The molecule has 5 heteroatoms. The van der Waals surface area contributed by atoms with Crippen molar-refractivity contribution in [2.45, 2.75) is 32.8 Å². The van der Waals surface area contributed by atoms with Crippen LogP contribution in [0.1, 0.15) is 26.0 Å². The highest BCUT2D eigenvalue weighted by Gasteiger charge is 2.21. The van der Waals surface area contributed by atoms with Crippen LogP contribution in [0.2, 0.25) is 0 Å². The average Bonchev–Trinajstić information content (AvgIpc) is 3.14. The first-order valence-corrected chi connectivity index (χ1v) is 9.85. The molecular formula is C22H30N2O3. The molecule has 1 atom stereocenters. The van der Waals surface area contributed by atoms with E-state index in [1.54, 1.807) is 0 Å². The molecule has 2 heterocycles. The van der Waals surface area contributed by atoms with Gasteiger partial charge >= 0.3 is 0 Å². The first-order chi connectivity index (χ1) is 13.1. The largest absolute Gasteiger partial charge is 0.461 e. The van der Waals surface area contributed by atoms with Crippen LogP contribution in [0.3, 0.4) is 0 Å². The lowest BCUT2D eigenvalue weighted by Gasteiger charge is -2.33. The molecule has 1 aliphatic heterocycles. The number of morpholine rings is 1. The van der Waals surface area contributed by atoms with Crippen molar-refractivity contribution in [2.75, 3.05) is 32.8 Å². The molecule has 5 nitrogen and oxygen atoms in total. The summed E-state index contributed by atoms with van der Waals surface area (Å²) in [6, 6.07) is 13.9. The minimum Gasteiger partial charge on any atom is -0.461 e. The van der Waals surface area contributed by atoms with Crippen LogP contribution in [0.15, 0.2) is 46.9 Å². The van der Waals surface area contributed by atoms with Crippen LogP contribution in [-0.2, 0) is 16.0 Å². The number of carbonyl (C=O) groups is 1. The SMILES string of the molecule is CC(C)CN1CCOC(CNC(=O)CCc2ccc(-c3ccccc3)o2)C1. The fraction of sp³-hybridized carbons (Fsp3) is 0.500. The minimum atomic E-state index is 0.0391. The molecule has 1 aromatic heterocycles. The third kappa shape index (κ3) is 6.22. The van der Waals surface area contributed by atoms with Crippen molar-refractivity contribution in [1.29, 1.82) is 0 Å². The third-order valence-electron chi connectivity index (χ3n) is 4.69. The van der Waals surface area contributed by atoms with Crippen molar-refractivity contribution < 1.29 is 13.9 Å². The van der Waals surface area contributed by atoms with Crippen LogP contribution >= 0.6 is 0 Å². The van der Waals surface area contributed by atoms with Crippen molar-refractivity contribution in [2.24, 2.45) is 5.92 Å². The normalized spacial score (nSPS) is 18.0. The van der Waals surface area contributed by atoms with Gasteiger partial charge in [0.25, 0.3) is 0 Å². The van der Waals surface area contributed by atoms with Gasteiger partial charge in [-0.05, 0) is 18.1 Å². The smallest absolute Gasteiger partial charge is 0.220 e. The lowest BCUT2D eigenvalue weighted by Crippen LogP contribution is -2.48. The van der Waals surface area contributed by atoms with Crippen LogP contribution in [0.4, 0.5) is 0 Å². The molecule has 1 unspecified atom stereocenters. The first kappa shape index (κ1) is 19.6. The number of amides is 1. The molecule has 2 aromatic rings. The summed E-state index contributed by atoms with van der Waals surface area (Å²) < 4.78 is 11.6. The predicted octanol–water partition coefficient (Wildman–Crippen LogP) is 3.35. The van der Waals surface area contributed by atoms with Crippen molar-refractivity contribution in [3.63, 3.8) is 0 Å². The van der Waals surface area contributed by atoms with E-state index in [0.717, 1.165) is 43.3 Å². The Hall–Kier alpha value is -2.11. The predicted molar refractivity (Wildman–Crippen MR) is 106 cm³/mol. The van der Waals surface area contributed by atoms with Gasteiger partial charge in [0.15, 0.2) is 0 Å². The summed E-state index contributed by atoms with van der Waals surface area (Å²) in [6.45, 7) is 8.70. The average molecular weight is 370 g/mol. The van der Waals surface area contributed by atoms with Gasteiger partial charge in [-0.3, -0.25) is 9.69 Å². The van der Waals surface area contributed by atoms with Gasteiger partial charge in [-0.25, -0.2) is 0 Å². The fourth-order valence-corrected chi connectivity index (χ4v) is 3.41. The monoisotopic (exact) mass is 370 g/mol. The molecule has 1 saturated heterocycles. The van der Waals surface area contributed by atoms with E-state index in [1.807, 2.05) is 42.5 Å². The Morgan fingerprint density at radius 1 is 1.22 bits per heavy atom. The van der Waals surface area contributed by atoms with E-state index in [2.05, 4.69) is 24.1 Å². The highest BCUT2D eigenvalue weighted by atomic mass is 16.5. The summed E-state index contributed by atoms with van der Waals surface area (Å²) in [6.07, 6.45) is 1.10. The highest BCUT2D eigenvalue weighted by Crippen LogP contribution is 2.22. The molecule has 27 heavy (non-hydrogen) atoms. The zero-order valence-electron chi connectivity index (χ0n) is 16.3. The Balaban J connectivity index is 1.39. The van der Waals surface area contributed by atoms with E-state index in [9.17, 15) is 4.79 Å². The number of ether oxygens (including phenoxy) is 1. The number of furan rings is 1.